The van der Waals surface area contributed by atoms with Crippen molar-refractivity contribution in [1.29, 1.82) is 0 Å². The van der Waals surface area contributed by atoms with Crippen LogP contribution in [0.2, 0.25) is 0 Å². The van der Waals surface area contributed by atoms with E-state index < -0.39 is 0 Å². The summed E-state index contributed by atoms with van der Waals surface area (Å²) in [5.74, 6) is -0.143. The molecule has 86 valence electrons. The van der Waals surface area contributed by atoms with Crippen molar-refractivity contribution >= 4 is 5.97 Å². The molecule has 0 aromatic heterocycles. The minimum absolute atomic E-state index is 0.0636. The van der Waals surface area contributed by atoms with Crippen LogP contribution in [0.3, 0.4) is 0 Å². The number of rotatable bonds is 7. The van der Waals surface area contributed by atoms with Gasteiger partial charge in [0.15, 0.2) is 6.10 Å². The van der Waals surface area contributed by atoms with E-state index in [1.165, 1.54) is 32.1 Å². The molecule has 15 heavy (non-hydrogen) atoms. The lowest BCUT2D eigenvalue weighted by atomic mass is 10.1. The maximum atomic E-state index is 11.1. The van der Waals surface area contributed by atoms with Gasteiger partial charge in [0.1, 0.15) is 12.2 Å². The van der Waals surface area contributed by atoms with Gasteiger partial charge in [0.05, 0.1) is 0 Å². The average Bonchev–Trinajstić information content (AvgIpc) is 2.96. The predicted molar refractivity (Wildman–Crippen MR) is 56.5 cm³/mol. The van der Waals surface area contributed by atoms with Crippen LogP contribution in [0.5, 0.6) is 0 Å². The number of epoxide rings is 1. The second-order valence-electron chi connectivity index (χ2n) is 4.55. The molecule has 0 bridgehead atoms. The molecule has 2 saturated heterocycles. The Hall–Kier alpha value is -0.570. The molecule has 3 nitrogen and oxygen atoms in total. The summed E-state index contributed by atoms with van der Waals surface area (Å²) in [5, 5.41) is 0. The Morgan fingerprint density at radius 2 is 1.87 bits per heavy atom. The zero-order valence-electron chi connectivity index (χ0n) is 9.41. The van der Waals surface area contributed by atoms with Crippen LogP contribution < -0.4 is 0 Å². The topological polar surface area (TPSA) is 38.8 Å². The van der Waals surface area contributed by atoms with Crippen molar-refractivity contribution in [2.75, 3.05) is 0 Å². The Morgan fingerprint density at radius 3 is 2.47 bits per heavy atom. The first-order valence-corrected chi connectivity index (χ1v) is 6.19. The Bertz CT molecular complexity index is 227. The third kappa shape index (κ3) is 2.71. The first kappa shape index (κ1) is 10.9. The van der Waals surface area contributed by atoms with Gasteiger partial charge in [0.25, 0.3) is 0 Å². The van der Waals surface area contributed by atoms with Crippen molar-refractivity contribution < 1.29 is 14.3 Å². The second-order valence-corrected chi connectivity index (χ2v) is 4.55. The fourth-order valence-electron chi connectivity index (χ4n) is 2.23. The van der Waals surface area contributed by atoms with Gasteiger partial charge in [-0.3, -0.25) is 0 Å². The molecular weight excluding hydrogens is 192 g/mol. The largest absolute Gasteiger partial charge is 0.457 e. The minimum Gasteiger partial charge on any atom is -0.457 e. The van der Waals surface area contributed by atoms with E-state index in [1.807, 2.05) is 0 Å². The Balaban J connectivity index is 1.50. The summed E-state index contributed by atoms with van der Waals surface area (Å²) < 4.78 is 10.4. The van der Waals surface area contributed by atoms with Gasteiger partial charge < -0.3 is 9.47 Å². The van der Waals surface area contributed by atoms with E-state index in [9.17, 15) is 4.79 Å². The molecule has 2 fully saturated rings. The molecule has 2 aliphatic rings. The van der Waals surface area contributed by atoms with Gasteiger partial charge in [-0.05, 0) is 12.8 Å². The van der Waals surface area contributed by atoms with Crippen LogP contribution in [-0.4, -0.2) is 24.3 Å². The molecule has 2 heterocycles. The molecule has 0 N–H and O–H groups in total. The monoisotopic (exact) mass is 212 g/mol. The number of carbonyl (C=O) groups is 1. The molecular formula is C12H20O3. The van der Waals surface area contributed by atoms with Gasteiger partial charge in [0.2, 0.25) is 0 Å². The predicted octanol–water partition coefficient (Wildman–Crippen LogP) is 2.43. The van der Waals surface area contributed by atoms with Crippen LogP contribution in [0.4, 0.5) is 0 Å². The molecule has 1 unspecified atom stereocenters. The summed E-state index contributed by atoms with van der Waals surface area (Å²) in [5.41, 5.74) is 0. The molecule has 0 amide bonds. The van der Waals surface area contributed by atoms with Crippen LogP contribution in [0, 0.1) is 0 Å². The number of hydrogen-bond donors (Lipinski definition) is 0. The average molecular weight is 212 g/mol. The number of unbranched alkanes of at least 4 members (excludes halogenated alkanes) is 5. The highest BCUT2D eigenvalue weighted by Crippen LogP contribution is 2.37. The van der Waals surface area contributed by atoms with Gasteiger partial charge in [-0.1, -0.05) is 39.0 Å². The summed E-state index contributed by atoms with van der Waals surface area (Å²) in [4.78, 5) is 11.1. The number of esters is 1. The fraction of sp³-hybridized carbons (Fsp3) is 0.917. The third-order valence-electron chi connectivity index (χ3n) is 3.23. The lowest BCUT2D eigenvalue weighted by Gasteiger charge is -2.10. The number of hydrogen-bond acceptors (Lipinski definition) is 3. The quantitative estimate of drug-likeness (QED) is 0.369. The number of cyclic esters (lactones) is 1. The van der Waals surface area contributed by atoms with Crippen LogP contribution in [-0.2, 0) is 14.3 Å². The van der Waals surface area contributed by atoms with Crippen molar-refractivity contribution in [1.82, 2.24) is 0 Å². The molecule has 0 aromatic carbocycles. The van der Waals surface area contributed by atoms with E-state index in [4.69, 9.17) is 9.47 Å². The molecule has 0 saturated carbocycles. The summed E-state index contributed by atoms with van der Waals surface area (Å²) in [6.45, 7) is 2.22. The maximum Gasteiger partial charge on any atom is 0.338 e. The molecule has 2 aliphatic heterocycles. The standard InChI is InChI=1S/C12H20O3/c1-2-3-4-5-6-7-8-9-10-11(15-10)12(13)14-9/h9-11H,2-8H2,1H3/t9?,10-,11-/m1/s1. The van der Waals surface area contributed by atoms with Crippen LogP contribution >= 0.6 is 0 Å². The van der Waals surface area contributed by atoms with Gasteiger partial charge in [-0.25, -0.2) is 4.79 Å². The normalized spacial score (nSPS) is 32.6. The van der Waals surface area contributed by atoms with Crippen molar-refractivity contribution in [3.8, 4) is 0 Å². The smallest absolute Gasteiger partial charge is 0.338 e. The molecule has 0 aliphatic carbocycles. The lowest BCUT2D eigenvalue weighted by Crippen LogP contribution is -2.15. The van der Waals surface area contributed by atoms with Gasteiger partial charge in [-0.2, -0.15) is 0 Å². The molecule has 0 spiro atoms. The molecule has 0 aromatic rings. The first-order valence-electron chi connectivity index (χ1n) is 6.19. The van der Waals surface area contributed by atoms with Crippen molar-refractivity contribution in [3.63, 3.8) is 0 Å². The van der Waals surface area contributed by atoms with E-state index >= 15 is 0 Å². The van der Waals surface area contributed by atoms with E-state index in [0.29, 0.717) is 0 Å². The van der Waals surface area contributed by atoms with E-state index in [2.05, 4.69) is 6.92 Å². The Kier molecular flexibility index (Phi) is 3.62. The van der Waals surface area contributed by atoms with Crippen LogP contribution in [0.15, 0.2) is 0 Å². The SMILES string of the molecule is CCCCCCCCC1OC(=O)[C@@H]2O[C@H]12. The Morgan fingerprint density at radius 1 is 1.13 bits per heavy atom. The van der Waals surface area contributed by atoms with Gasteiger partial charge >= 0.3 is 5.97 Å². The highest BCUT2D eigenvalue weighted by atomic mass is 16.7. The fourth-order valence-corrected chi connectivity index (χ4v) is 2.23. The summed E-state index contributed by atoms with van der Waals surface area (Å²) in [6, 6.07) is 0. The van der Waals surface area contributed by atoms with E-state index in [-0.39, 0.29) is 24.3 Å². The number of fused-ring (bicyclic) bond motifs is 1. The summed E-state index contributed by atoms with van der Waals surface area (Å²) >= 11 is 0. The van der Waals surface area contributed by atoms with E-state index in [1.54, 1.807) is 0 Å². The van der Waals surface area contributed by atoms with E-state index in [0.717, 1.165) is 12.8 Å². The highest BCUT2D eigenvalue weighted by molar-refractivity contribution is 5.81. The van der Waals surface area contributed by atoms with Crippen molar-refractivity contribution in [2.45, 2.75) is 70.2 Å². The first-order chi connectivity index (χ1) is 7.33. The van der Waals surface area contributed by atoms with Crippen molar-refractivity contribution in [3.05, 3.63) is 0 Å². The summed E-state index contributed by atoms with van der Waals surface area (Å²) in [7, 11) is 0. The van der Waals surface area contributed by atoms with Crippen LogP contribution in [0.25, 0.3) is 0 Å². The maximum absolute atomic E-state index is 11.1. The van der Waals surface area contributed by atoms with Crippen molar-refractivity contribution in [2.24, 2.45) is 0 Å². The molecule has 3 heteroatoms. The zero-order valence-corrected chi connectivity index (χ0v) is 9.41. The number of ether oxygens (including phenoxy) is 2. The second kappa shape index (κ2) is 4.97. The zero-order chi connectivity index (χ0) is 10.7. The lowest BCUT2D eigenvalue weighted by molar-refractivity contribution is -0.149. The Labute approximate surface area is 91.1 Å². The highest BCUT2D eigenvalue weighted by Gasteiger charge is 2.58. The van der Waals surface area contributed by atoms with Crippen LogP contribution in [0.1, 0.15) is 51.9 Å². The van der Waals surface area contributed by atoms with Gasteiger partial charge in [0, 0.05) is 0 Å². The third-order valence-corrected chi connectivity index (χ3v) is 3.23. The molecule has 0 radical (unpaired) electrons. The molecule has 2 rings (SSSR count). The molecule has 3 atom stereocenters. The summed E-state index contributed by atoms with van der Waals surface area (Å²) in [6.07, 6.45) is 8.65. The number of carbonyl (C=O) groups excluding carboxylic acids is 1. The van der Waals surface area contributed by atoms with Gasteiger partial charge in [-0.15, -0.1) is 0 Å². The minimum atomic E-state index is -0.199.